The minimum absolute atomic E-state index is 0.190. The third-order valence-electron chi connectivity index (χ3n) is 5.14. The van der Waals surface area contributed by atoms with E-state index >= 15 is 0 Å². The molecule has 3 aromatic rings. The molecule has 1 aromatic heterocycles. The molecule has 2 heterocycles. The van der Waals surface area contributed by atoms with Crippen molar-refractivity contribution >= 4 is 27.5 Å². The van der Waals surface area contributed by atoms with E-state index in [1.54, 1.807) is 49.5 Å². The number of rotatable bonds is 5. The number of ether oxygens (including phenoxy) is 2. The van der Waals surface area contributed by atoms with Gasteiger partial charge >= 0.3 is 0 Å². The number of benzene rings is 2. The number of fused-ring (bicyclic) bond motifs is 1. The van der Waals surface area contributed by atoms with Crippen LogP contribution in [0.25, 0.3) is 10.2 Å². The number of aliphatic hydroxyl groups excluding tert-OH is 4. The van der Waals surface area contributed by atoms with Crippen LogP contribution in [0.4, 0.5) is 0 Å². The third kappa shape index (κ3) is 4.26. The maximum Gasteiger partial charge on any atom is 0.279 e. The standard InChI is InChI=1S/C21H22N2O7S/c1-22-20(28)11-5-6-13-15(8-11)31-21(23-13)29-12-4-2-3-10(7-12)19-18(27)17(26)16(25)14(9-24)30-19/h2-8,14,16-19,24-27H,9H2,1H3,(H,22,28)/t14-,16-,17+,18+,19-/m1/s1. The maximum atomic E-state index is 11.8. The molecule has 164 valence electrons. The van der Waals surface area contributed by atoms with Crippen LogP contribution < -0.4 is 10.1 Å². The van der Waals surface area contributed by atoms with Crippen molar-refractivity contribution in [2.75, 3.05) is 13.7 Å². The Kier molecular flexibility index (Phi) is 6.19. The lowest BCUT2D eigenvalue weighted by atomic mass is 9.91. The summed E-state index contributed by atoms with van der Waals surface area (Å²) >= 11 is 1.28. The molecule has 10 heteroatoms. The Bertz CT molecular complexity index is 1090. The lowest BCUT2D eigenvalue weighted by Gasteiger charge is -2.40. The van der Waals surface area contributed by atoms with Crippen LogP contribution in [-0.2, 0) is 4.74 Å². The van der Waals surface area contributed by atoms with E-state index in [0.717, 1.165) is 4.70 Å². The van der Waals surface area contributed by atoms with Crippen LogP contribution in [0.2, 0.25) is 0 Å². The van der Waals surface area contributed by atoms with E-state index in [-0.39, 0.29) is 5.91 Å². The number of hydrogen-bond acceptors (Lipinski definition) is 9. The molecule has 4 rings (SSSR count). The molecule has 1 aliphatic rings. The summed E-state index contributed by atoms with van der Waals surface area (Å²) in [4.78, 5) is 16.2. The number of aliphatic hydroxyl groups is 4. The van der Waals surface area contributed by atoms with Crippen molar-refractivity contribution in [3.05, 3.63) is 53.6 Å². The molecule has 0 bridgehead atoms. The van der Waals surface area contributed by atoms with E-state index in [1.807, 2.05) is 0 Å². The van der Waals surface area contributed by atoms with Gasteiger partial charge in [0.25, 0.3) is 11.1 Å². The van der Waals surface area contributed by atoms with E-state index in [1.165, 1.54) is 11.3 Å². The molecule has 1 saturated heterocycles. The minimum atomic E-state index is -1.46. The highest BCUT2D eigenvalue weighted by Crippen LogP contribution is 2.36. The van der Waals surface area contributed by atoms with Gasteiger partial charge in [-0.1, -0.05) is 23.5 Å². The molecular weight excluding hydrogens is 424 g/mol. The molecule has 0 radical (unpaired) electrons. The zero-order chi connectivity index (χ0) is 22.1. The molecule has 5 atom stereocenters. The number of nitrogens with zero attached hydrogens (tertiary/aromatic N) is 1. The summed E-state index contributed by atoms with van der Waals surface area (Å²) in [6.07, 6.45) is -6.20. The quantitative estimate of drug-likeness (QED) is 0.390. The van der Waals surface area contributed by atoms with Crippen molar-refractivity contribution in [1.29, 1.82) is 0 Å². The van der Waals surface area contributed by atoms with E-state index in [9.17, 15) is 25.2 Å². The molecule has 5 N–H and O–H groups in total. The number of carbonyl (C=O) groups is 1. The molecule has 2 aromatic carbocycles. The lowest BCUT2D eigenvalue weighted by molar-refractivity contribution is -0.231. The monoisotopic (exact) mass is 446 g/mol. The van der Waals surface area contributed by atoms with Gasteiger partial charge < -0.3 is 35.2 Å². The number of carbonyl (C=O) groups excluding carboxylic acids is 1. The summed E-state index contributed by atoms with van der Waals surface area (Å²) in [5.41, 5.74) is 1.73. The number of hydrogen-bond donors (Lipinski definition) is 5. The highest BCUT2D eigenvalue weighted by Gasteiger charge is 2.44. The van der Waals surface area contributed by atoms with Crippen molar-refractivity contribution in [1.82, 2.24) is 10.3 Å². The normalized spacial score (nSPS) is 26.0. The highest BCUT2D eigenvalue weighted by molar-refractivity contribution is 7.20. The smallest absolute Gasteiger partial charge is 0.279 e. The number of aromatic nitrogens is 1. The molecule has 31 heavy (non-hydrogen) atoms. The van der Waals surface area contributed by atoms with Crippen molar-refractivity contribution in [2.24, 2.45) is 0 Å². The van der Waals surface area contributed by atoms with Gasteiger partial charge in [-0.2, -0.15) is 0 Å². The second-order valence-electron chi connectivity index (χ2n) is 7.17. The van der Waals surface area contributed by atoms with Gasteiger partial charge in [0.15, 0.2) is 0 Å². The zero-order valence-corrected chi connectivity index (χ0v) is 17.3. The van der Waals surface area contributed by atoms with Gasteiger partial charge in [-0.25, -0.2) is 4.98 Å². The average molecular weight is 446 g/mol. The van der Waals surface area contributed by atoms with Gasteiger partial charge in [-0.3, -0.25) is 4.79 Å². The van der Waals surface area contributed by atoms with Crippen molar-refractivity contribution in [3.8, 4) is 10.9 Å². The van der Waals surface area contributed by atoms with Crippen LogP contribution in [0, 0.1) is 0 Å². The van der Waals surface area contributed by atoms with E-state index in [2.05, 4.69) is 10.3 Å². The topological polar surface area (TPSA) is 141 Å². The first-order valence-electron chi connectivity index (χ1n) is 9.62. The van der Waals surface area contributed by atoms with Crippen LogP contribution in [-0.4, -0.2) is 69.4 Å². The predicted octanol–water partition coefficient (Wildman–Crippen LogP) is 0.963. The second-order valence-corrected chi connectivity index (χ2v) is 8.16. The lowest BCUT2D eigenvalue weighted by Crippen LogP contribution is -2.55. The molecule has 1 aliphatic heterocycles. The number of nitrogens with one attached hydrogen (secondary N) is 1. The van der Waals surface area contributed by atoms with Gasteiger partial charge in [-0.15, -0.1) is 0 Å². The third-order valence-corrected chi connectivity index (χ3v) is 6.04. The molecular formula is C21H22N2O7S. The predicted molar refractivity (Wildman–Crippen MR) is 112 cm³/mol. The summed E-state index contributed by atoms with van der Waals surface area (Å²) in [6.45, 7) is -0.499. The summed E-state index contributed by atoms with van der Waals surface area (Å²) in [5, 5.41) is 42.7. The highest BCUT2D eigenvalue weighted by atomic mass is 32.1. The van der Waals surface area contributed by atoms with E-state index in [0.29, 0.717) is 27.6 Å². The molecule has 0 unspecified atom stereocenters. The van der Waals surface area contributed by atoms with E-state index < -0.39 is 37.1 Å². The van der Waals surface area contributed by atoms with Gasteiger partial charge in [-0.05, 0) is 35.9 Å². The molecule has 1 fully saturated rings. The fourth-order valence-corrected chi connectivity index (χ4v) is 4.34. The average Bonchev–Trinajstić information content (AvgIpc) is 3.18. The Hall–Kier alpha value is -2.60. The zero-order valence-electron chi connectivity index (χ0n) is 16.5. The van der Waals surface area contributed by atoms with Gasteiger partial charge in [0, 0.05) is 12.6 Å². The molecule has 9 nitrogen and oxygen atoms in total. The SMILES string of the molecule is CNC(=O)c1ccc2nc(Oc3cccc([C@H]4O[C@H](CO)[C@@H](O)[C@H](O)[C@@H]4O)c3)sc2c1. The second kappa shape index (κ2) is 8.87. The van der Waals surface area contributed by atoms with Crippen molar-refractivity contribution in [2.45, 2.75) is 30.5 Å². The Labute approximate surface area is 181 Å². The largest absolute Gasteiger partial charge is 0.431 e. The fourth-order valence-electron chi connectivity index (χ4n) is 3.47. The van der Waals surface area contributed by atoms with Crippen LogP contribution in [0.3, 0.4) is 0 Å². The first kappa shape index (κ1) is 21.6. The Morgan fingerprint density at radius 2 is 1.97 bits per heavy atom. The molecule has 0 aliphatic carbocycles. The Balaban J connectivity index is 1.57. The summed E-state index contributed by atoms with van der Waals surface area (Å²) < 4.78 is 12.3. The molecule has 0 spiro atoms. The Morgan fingerprint density at radius 1 is 1.16 bits per heavy atom. The van der Waals surface area contributed by atoms with Gasteiger partial charge in [0.1, 0.15) is 36.3 Å². The number of amides is 1. The van der Waals surface area contributed by atoms with Crippen molar-refractivity contribution < 1.29 is 34.7 Å². The minimum Gasteiger partial charge on any atom is -0.431 e. The van der Waals surface area contributed by atoms with Crippen molar-refractivity contribution in [3.63, 3.8) is 0 Å². The van der Waals surface area contributed by atoms with Gasteiger partial charge in [0.05, 0.1) is 16.8 Å². The maximum absolute atomic E-state index is 11.8. The van der Waals surface area contributed by atoms with E-state index in [4.69, 9.17) is 9.47 Å². The molecule has 1 amide bonds. The fraction of sp³-hybridized carbons (Fsp3) is 0.333. The number of thiazole rings is 1. The van der Waals surface area contributed by atoms with Gasteiger partial charge in [0.2, 0.25) is 0 Å². The van der Waals surface area contributed by atoms with Crippen LogP contribution >= 0.6 is 11.3 Å². The van der Waals surface area contributed by atoms with Crippen LogP contribution in [0.5, 0.6) is 10.9 Å². The van der Waals surface area contributed by atoms with Crippen LogP contribution in [0.1, 0.15) is 22.0 Å². The summed E-state index contributed by atoms with van der Waals surface area (Å²) in [6, 6.07) is 11.9. The first-order chi connectivity index (χ1) is 14.9. The summed E-state index contributed by atoms with van der Waals surface area (Å²) in [7, 11) is 1.57. The first-order valence-corrected chi connectivity index (χ1v) is 10.4. The summed E-state index contributed by atoms with van der Waals surface area (Å²) in [5.74, 6) is 0.241. The molecule has 0 saturated carbocycles. The Morgan fingerprint density at radius 3 is 2.71 bits per heavy atom. The van der Waals surface area contributed by atoms with Crippen LogP contribution in [0.15, 0.2) is 42.5 Å².